The zero-order valence-corrected chi connectivity index (χ0v) is 15.9. The molecule has 0 spiro atoms. The first-order valence-corrected chi connectivity index (χ1v) is 9.47. The Bertz CT molecular complexity index is 1130. The lowest BCUT2D eigenvalue weighted by Crippen LogP contribution is -2.39. The quantitative estimate of drug-likeness (QED) is 0.613. The van der Waals surface area contributed by atoms with Gasteiger partial charge in [-0.3, -0.25) is 19.0 Å². The SMILES string of the molecule is CC(C(=O)NCCn1nc(-n2ccnc2)ccc1=O)n1nc(C2CC2)ccc1=O. The van der Waals surface area contributed by atoms with Gasteiger partial charge in [0.15, 0.2) is 5.82 Å². The highest BCUT2D eigenvalue weighted by Gasteiger charge is 2.27. The fourth-order valence-electron chi connectivity index (χ4n) is 2.99. The predicted octanol–water partition coefficient (Wildman–Crippen LogP) is 0.240. The van der Waals surface area contributed by atoms with E-state index in [2.05, 4.69) is 20.5 Å². The van der Waals surface area contributed by atoms with Gasteiger partial charge in [-0.2, -0.15) is 10.2 Å². The maximum Gasteiger partial charge on any atom is 0.267 e. The van der Waals surface area contributed by atoms with Crippen LogP contribution in [-0.4, -0.2) is 41.6 Å². The van der Waals surface area contributed by atoms with Crippen LogP contribution in [0.5, 0.6) is 0 Å². The molecular weight excluding hydrogens is 374 g/mol. The van der Waals surface area contributed by atoms with E-state index in [1.807, 2.05) is 0 Å². The van der Waals surface area contributed by atoms with Gasteiger partial charge in [0.05, 0.1) is 12.2 Å². The van der Waals surface area contributed by atoms with Crippen LogP contribution in [0.3, 0.4) is 0 Å². The summed E-state index contributed by atoms with van der Waals surface area (Å²) < 4.78 is 4.17. The molecule has 0 bridgehead atoms. The molecule has 4 rings (SSSR count). The van der Waals surface area contributed by atoms with Crippen LogP contribution in [0.1, 0.15) is 37.4 Å². The number of amides is 1. The monoisotopic (exact) mass is 395 g/mol. The van der Waals surface area contributed by atoms with Crippen LogP contribution in [0.4, 0.5) is 0 Å². The minimum atomic E-state index is -0.747. The van der Waals surface area contributed by atoms with Crippen molar-refractivity contribution < 1.29 is 4.79 Å². The van der Waals surface area contributed by atoms with Gasteiger partial charge in [-0.25, -0.2) is 14.3 Å². The largest absolute Gasteiger partial charge is 0.352 e. The molecule has 0 saturated heterocycles. The summed E-state index contributed by atoms with van der Waals surface area (Å²) in [6, 6.07) is 5.46. The lowest BCUT2D eigenvalue weighted by atomic mass is 10.2. The first kappa shape index (κ1) is 18.8. The first-order valence-electron chi connectivity index (χ1n) is 9.47. The second-order valence-corrected chi connectivity index (χ2v) is 7.01. The molecule has 1 unspecified atom stereocenters. The molecule has 1 aliphatic carbocycles. The van der Waals surface area contributed by atoms with Crippen molar-refractivity contribution in [1.82, 2.24) is 34.4 Å². The molecule has 1 saturated carbocycles. The molecule has 3 heterocycles. The van der Waals surface area contributed by atoms with Gasteiger partial charge in [0.2, 0.25) is 5.91 Å². The van der Waals surface area contributed by atoms with Crippen molar-refractivity contribution in [3.8, 4) is 5.82 Å². The van der Waals surface area contributed by atoms with Gasteiger partial charge in [-0.15, -0.1) is 0 Å². The van der Waals surface area contributed by atoms with E-state index in [-0.39, 0.29) is 30.1 Å². The Morgan fingerprint density at radius 3 is 2.69 bits per heavy atom. The Labute approximate surface area is 165 Å². The number of imidazole rings is 1. The molecule has 1 amide bonds. The van der Waals surface area contributed by atoms with Crippen molar-refractivity contribution >= 4 is 5.91 Å². The highest BCUT2D eigenvalue weighted by molar-refractivity contribution is 5.79. The average molecular weight is 395 g/mol. The van der Waals surface area contributed by atoms with Gasteiger partial charge in [0.25, 0.3) is 11.1 Å². The first-order chi connectivity index (χ1) is 14.0. The molecule has 10 heteroatoms. The second-order valence-electron chi connectivity index (χ2n) is 7.01. The van der Waals surface area contributed by atoms with Crippen LogP contribution >= 0.6 is 0 Å². The van der Waals surface area contributed by atoms with E-state index >= 15 is 0 Å². The third kappa shape index (κ3) is 4.15. The molecule has 1 fully saturated rings. The van der Waals surface area contributed by atoms with Crippen molar-refractivity contribution in [3.05, 3.63) is 69.4 Å². The smallest absolute Gasteiger partial charge is 0.267 e. The fourth-order valence-corrected chi connectivity index (χ4v) is 2.99. The molecule has 150 valence electrons. The van der Waals surface area contributed by atoms with E-state index in [1.54, 1.807) is 42.3 Å². The van der Waals surface area contributed by atoms with Crippen molar-refractivity contribution in [2.45, 2.75) is 38.3 Å². The number of nitrogens with one attached hydrogen (secondary N) is 1. The summed E-state index contributed by atoms with van der Waals surface area (Å²) in [5.74, 6) is 0.596. The topological polar surface area (TPSA) is 117 Å². The summed E-state index contributed by atoms with van der Waals surface area (Å²) in [5.41, 5.74) is 0.255. The second kappa shape index (κ2) is 7.82. The summed E-state index contributed by atoms with van der Waals surface area (Å²) in [5, 5.41) is 11.4. The molecule has 1 aliphatic rings. The van der Waals surface area contributed by atoms with Gasteiger partial charge >= 0.3 is 0 Å². The summed E-state index contributed by atoms with van der Waals surface area (Å²) >= 11 is 0. The van der Waals surface area contributed by atoms with Crippen LogP contribution < -0.4 is 16.4 Å². The zero-order valence-electron chi connectivity index (χ0n) is 15.9. The van der Waals surface area contributed by atoms with Crippen molar-refractivity contribution in [1.29, 1.82) is 0 Å². The lowest BCUT2D eigenvalue weighted by molar-refractivity contribution is -0.124. The van der Waals surface area contributed by atoms with E-state index in [1.165, 1.54) is 21.5 Å². The lowest BCUT2D eigenvalue weighted by Gasteiger charge is -2.15. The normalized spacial score (nSPS) is 14.5. The Kier molecular flexibility index (Phi) is 5.07. The van der Waals surface area contributed by atoms with Crippen LogP contribution in [0.15, 0.2) is 52.6 Å². The number of aromatic nitrogens is 6. The van der Waals surface area contributed by atoms with Gasteiger partial charge in [-0.1, -0.05) is 0 Å². The molecule has 0 radical (unpaired) electrons. The number of rotatable bonds is 7. The summed E-state index contributed by atoms with van der Waals surface area (Å²) in [6.07, 6.45) is 7.05. The Balaban J connectivity index is 1.40. The number of hydrogen-bond donors (Lipinski definition) is 1. The van der Waals surface area contributed by atoms with Gasteiger partial charge in [-0.05, 0) is 31.9 Å². The van der Waals surface area contributed by atoms with Crippen LogP contribution in [-0.2, 0) is 11.3 Å². The Morgan fingerprint density at radius 1 is 1.17 bits per heavy atom. The molecule has 1 atom stereocenters. The molecule has 1 N–H and O–H groups in total. The van der Waals surface area contributed by atoms with Crippen molar-refractivity contribution in [3.63, 3.8) is 0 Å². The number of carbonyl (C=O) groups is 1. The third-order valence-corrected chi connectivity index (χ3v) is 4.83. The van der Waals surface area contributed by atoms with Gasteiger partial charge in [0, 0.05) is 37.0 Å². The minimum Gasteiger partial charge on any atom is -0.352 e. The molecule has 10 nitrogen and oxygen atoms in total. The maximum absolute atomic E-state index is 12.5. The molecule has 3 aromatic rings. The van der Waals surface area contributed by atoms with E-state index in [0.29, 0.717) is 11.7 Å². The van der Waals surface area contributed by atoms with Crippen molar-refractivity contribution in [2.24, 2.45) is 0 Å². The predicted molar refractivity (Wildman–Crippen MR) is 104 cm³/mol. The highest BCUT2D eigenvalue weighted by atomic mass is 16.2. The summed E-state index contributed by atoms with van der Waals surface area (Å²) in [6.45, 7) is 2.02. The van der Waals surface area contributed by atoms with Gasteiger partial charge < -0.3 is 5.32 Å². The minimum absolute atomic E-state index is 0.195. The van der Waals surface area contributed by atoms with Crippen molar-refractivity contribution in [2.75, 3.05) is 6.54 Å². The highest BCUT2D eigenvalue weighted by Crippen LogP contribution is 2.38. The van der Waals surface area contributed by atoms with E-state index in [4.69, 9.17) is 0 Å². The number of nitrogens with zero attached hydrogens (tertiary/aromatic N) is 6. The molecule has 0 aliphatic heterocycles. The maximum atomic E-state index is 12.5. The summed E-state index contributed by atoms with van der Waals surface area (Å²) in [7, 11) is 0. The number of hydrogen-bond acceptors (Lipinski definition) is 6. The molecule has 3 aromatic heterocycles. The fraction of sp³-hybridized carbons (Fsp3) is 0.368. The van der Waals surface area contributed by atoms with E-state index in [0.717, 1.165) is 18.5 Å². The van der Waals surface area contributed by atoms with Crippen LogP contribution in [0.25, 0.3) is 5.82 Å². The van der Waals surface area contributed by atoms with E-state index < -0.39 is 6.04 Å². The molecule has 0 aromatic carbocycles. The van der Waals surface area contributed by atoms with Crippen LogP contribution in [0, 0.1) is 0 Å². The average Bonchev–Trinajstić information content (AvgIpc) is 3.43. The molecular formula is C19H21N7O3. The van der Waals surface area contributed by atoms with Gasteiger partial charge in [0.1, 0.15) is 12.4 Å². The Hall–Kier alpha value is -3.56. The van der Waals surface area contributed by atoms with E-state index in [9.17, 15) is 14.4 Å². The number of carbonyl (C=O) groups excluding carboxylic acids is 1. The molecule has 29 heavy (non-hydrogen) atoms. The summed E-state index contributed by atoms with van der Waals surface area (Å²) in [4.78, 5) is 40.6. The Morgan fingerprint density at radius 2 is 1.97 bits per heavy atom. The zero-order chi connectivity index (χ0) is 20.4. The third-order valence-electron chi connectivity index (χ3n) is 4.83. The van der Waals surface area contributed by atoms with Crippen LogP contribution in [0.2, 0.25) is 0 Å². The standard InChI is InChI=1S/C19H21N7O3/c1-13(26-18(28)6-4-15(22-26)14-2-3-14)19(29)21-9-11-25-17(27)7-5-16(23-25)24-10-8-20-12-24/h4-8,10,12-14H,2-3,9,11H2,1H3,(H,21,29).